The highest BCUT2D eigenvalue weighted by molar-refractivity contribution is 5.92. The summed E-state index contributed by atoms with van der Waals surface area (Å²) in [4.78, 5) is 25.9. The van der Waals surface area contributed by atoms with E-state index in [0.29, 0.717) is 47.6 Å². The summed E-state index contributed by atoms with van der Waals surface area (Å²) < 4.78 is 12.5. The Balaban J connectivity index is 1.88. The van der Waals surface area contributed by atoms with Crippen molar-refractivity contribution in [2.75, 3.05) is 31.4 Å². The Morgan fingerprint density at radius 2 is 2.21 bits per heavy atom. The molecule has 0 saturated carbocycles. The fourth-order valence-corrected chi connectivity index (χ4v) is 3.02. The number of benzene rings is 1. The lowest BCUT2D eigenvalue weighted by Crippen LogP contribution is -2.38. The fourth-order valence-electron chi connectivity index (χ4n) is 3.02. The van der Waals surface area contributed by atoms with Gasteiger partial charge in [-0.2, -0.15) is 9.97 Å². The minimum absolute atomic E-state index is 0.186. The molecule has 0 aliphatic carbocycles. The van der Waals surface area contributed by atoms with Crippen molar-refractivity contribution in [3.63, 3.8) is 0 Å². The van der Waals surface area contributed by atoms with Crippen LogP contribution in [0.4, 0.5) is 22.2 Å². The van der Waals surface area contributed by atoms with Gasteiger partial charge in [0, 0.05) is 7.05 Å². The number of hydrogen-bond donors (Lipinski definition) is 3. The lowest BCUT2D eigenvalue weighted by molar-refractivity contribution is 0.104. The first-order valence-corrected chi connectivity index (χ1v) is 8.84. The van der Waals surface area contributed by atoms with E-state index in [-0.39, 0.29) is 12.1 Å². The molecule has 0 unspecified atom stereocenters. The predicted octanol–water partition coefficient (Wildman–Crippen LogP) is 2.10. The van der Waals surface area contributed by atoms with Crippen LogP contribution in [-0.4, -0.2) is 52.4 Å². The Hall–Kier alpha value is -3.40. The summed E-state index contributed by atoms with van der Waals surface area (Å²) in [6.45, 7) is 2.65. The summed E-state index contributed by atoms with van der Waals surface area (Å²) in [5, 5.41) is 9.06. The minimum Gasteiger partial charge on any atom is -0.495 e. The second kappa shape index (κ2) is 7.31. The molecular formula is C18H21N7O3. The highest BCUT2D eigenvalue weighted by Crippen LogP contribution is 2.29. The standard InChI is InChI=1S/C18H21N7O3/c1-10-7-28-8-11-4-5-13(27-3)12(6-11)22-17-23-15(19-2)14-16(24-17)25(9-20-14)18(26)21-10/h4-6,9-10H,7-8H2,1-3H3,(H,21,26)(H2,19,22,23,24)/t10-/m1/s1. The monoisotopic (exact) mass is 383 g/mol. The van der Waals surface area contributed by atoms with Crippen molar-refractivity contribution in [1.82, 2.24) is 24.8 Å². The zero-order valence-corrected chi connectivity index (χ0v) is 15.8. The number of hydrogen-bond acceptors (Lipinski definition) is 8. The van der Waals surface area contributed by atoms with Crippen molar-refractivity contribution in [2.24, 2.45) is 0 Å². The summed E-state index contributed by atoms with van der Waals surface area (Å²) in [5.41, 5.74) is 2.55. The van der Waals surface area contributed by atoms with E-state index in [2.05, 4.69) is 30.9 Å². The molecule has 1 aliphatic rings. The van der Waals surface area contributed by atoms with Gasteiger partial charge < -0.3 is 25.4 Å². The van der Waals surface area contributed by atoms with Crippen molar-refractivity contribution in [2.45, 2.75) is 19.6 Å². The van der Waals surface area contributed by atoms with Gasteiger partial charge in [0.25, 0.3) is 0 Å². The van der Waals surface area contributed by atoms with Gasteiger partial charge in [0.1, 0.15) is 12.1 Å². The van der Waals surface area contributed by atoms with Gasteiger partial charge >= 0.3 is 6.03 Å². The lowest BCUT2D eigenvalue weighted by atomic mass is 10.2. The van der Waals surface area contributed by atoms with Gasteiger partial charge in [0.2, 0.25) is 5.95 Å². The molecule has 4 rings (SSSR count). The number of carbonyl (C=O) groups is 1. The Morgan fingerprint density at radius 3 is 3.00 bits per heavy atom. The van der Waals surface area contributed by atoms with Crippen molar-refractivity contribution in [3.05, 3.63) is 30.1 Å². The number of anilines is 3. The number of fused-ring (bicyclic) bond motifs is 3. The van der Waals surface area contributed by atoms with Gasteiger partial charge in [-0.25, -0.2) is 14.3 Å². The van der Waals surface area contributed by atoms with Crippen molar-refractivity contribution in [1.29, 1.82) is 0 Å². The first-order valence-electron chi connectivity index (χ1n) is 8.84. The summed E-state index contributed by atoms with van der Waals surface area (Å²) in [6.07, 6.45) is 1.43. The Bertz CT molecular complexity index is 1030. The third kappa shape index (κ3) is 3.29. The topological polar surface area (TPSA) is 115 Å². The predicted molar refractivity (Wildman–Crippen MR) is 104 cm³/mol. The van der Waals surface area contributed by atoms with Gasteiger partial charge in [-0.05, 0) is 24.6 Å². The molecule has 10 nitrogen and oxygen atoms in total. The number of amides is 1. The van der Waals surface area contributed by atoms with E-state index in [1.807, 2.05) is 25.1 Å². The number of carbonyl (C=O) groups excluding carboxylic acids is 1. The molecule has 146 valence electrons. The minimum atomic E-state index is -0.335. The molecule has 1 atom stereocenters. The molecule has 0 fully saturated rings. The van der Waals surface area contributed by atoms with Crippen LogP contribution in [0.5, 0.6) is 5.75 Å². The van der Waals surface area contributed by atoms with Crippen molar-refractivity contribution in [3.8, 4) is 5.75 Å². The molecule has 2 aromatic heterocycles. The SMILES string of the molecule is CNc1nc2nc3c1ncn3C(=O)N[C@H](C)COCc1ccc(OC)c(c1)N2. The summed E-state index contributed by atoms with van der Waals surface area (Å²) in [5.74, 6) is 1.47. The van der Waals surface area contributed by atoms with Crippen LogP contribution in [-0.2, 0) is 11.3 Å². The van der Waals surface area contributed by atoms with E-state index in [1.165, 1.54) is 10.9 Å². The smallest absolute Gasteiger partial charge is 0.328 e. The number of aromatic nitrogens is 4. The quantitative estimate of drug-likeness (QED) is 0.616. The zero-order valence-electron chi connectivity index (χ0n) is 15.8. The molecule has 3 aromatic rings. The Morgan fingerprint density at radius 1 is 1.36 bits per heavy atom. The molecule has 1 aliphatic heterocycles. The van der Waals surface area contributed by atoms with Gasteiger partial charge in [-0.1, -0.05) is 6.07 Å². The number of methoxy groups -OCH3 is 1. The summed E-state index contributed by atoms with van der Waals surface area (Å²) >= 11 is 0. The molecule has 3 N–H and O–H groups in total. The number of imidazole rings is 1. The number of rotatable bonds is 2. The third-order valence-corrected chi connectivity index (χ3v) is 4.37. The summed E-state index contributed by atoms with van der Waals surface area (Å²) in [6, 6.07) is 5.20. The second-order valence-corrected chi connectivity index (χ2v) is 6.46. The molecular weight excluding hydrogens is 362 g/mol. The van der Waals surface area contributed by atoms with E-state index in [4.69, 9.17) is 9.47 Å². The van der Waals surface area contributed by atoms with E-state index < -0.39 is 0 Å². The number of nitrogens with one attached hydrogen (secondary N) is 3. The van der Waals surface area contributed by atoms with Crippen LogP contribution in [0.3, 0.4) is 0 Å². The molecule has 1 aromatic carbocycles. The molecule has 1 amide bonds. The van der Waals surface area contributed by atoms with Crippen molar-refractivity contribution < 1.29 is 14.3 Å². The maximum absolute atomic E-state index is 12.7. The van der Waals surface area contributed by atoms with Crippen molar-refractivity contribution >= 4 is 34.6 Å². The molecule has 0 radical (unpaired) electrons. The van der Waals surface area contributed by atoms with Gasteiger partial charge in [-0.15, -0.1) is 0 Å². The largest absolute Gasteiger partial charge is 0.495 e. The maximum Gasteiger partial charge on any atom is 0.328 e. The van der Waals surface area contributed by atoms with Crippen LogP contribution in [0.25, 0.3) is 11.2 Å². The molecule has 4 bridgehead atoms. The highest BCUT2D eigenvalue weighted by Gasteiger charge is 2.19. The second-order valence-electron chi connectivity index (χ2n) is 6.46. The van der Waals surface area contributed by atoms with E-state index in [0.717, 1.165) is 5.56 Å². The van der Waals surface area contributed by atoms with Crippen LogP contribution in [0.1, 0.15) is 12.5 Å². The van der Waals surface area contributed by atoms with Gasteiger partial charge in [0.05, 0.1) is 32.1 Å². The first kappa shape index (κ1) is 18.0. The van der Waals surface area contributed by atoms with E-state index >= 15 is 0 Å². The van der Waals surface area contributed by atoms with Crippen LogP contribution in [0.2, 0.25) is 0 Å². The highest BCUT2D eigenvalue weighted by atomic mass is 16.5. The average molecular weight is 383 g/mol. The molecule has 0 spiro atoms. The van der Waals surface area contributed by atoms with E-state index in [1.54, 1.807) is 14.2 Å². The lowest BCUT2D eigenvalue weighted by Gasteiger charge is -2.17. The zero-order chi connectivity index (χ0) is 19.7. The number of nitrogens with zero attached hydrogens (tertiary/aromatic N) is 4. The Kier molecular flexibility index (Phi) is 4.70. The fraction of sp³-hybridized carbons (Fsp3) is 0.333. The molecule has 3 heterocycles. The van der Waals surface area contributed by atoms with Crippen LogP contribution >= 0.6 is 0 Å². The van der Waals surface area contributed by atoms with Crippen LogP contribution < -0.4 is 20.7 Å². The Labute approximate surface area is 161 Å². The van der Waals surface area contributed by atoms with Gasteiger partial charge in [-0.3, -0.25) is 0 Å². The maximum atomic E-state index is 12.7. The first-order chi connectivity index (χ1) is 13.6. The molecule has 10 heteroatoms. The van der Waals surface area contributed by atoms with Crippen LogP contribution in [0.15, 0.2) is 24.5 Å². The third-order valence-electron chi connectivity index (χ3n) is 4.37. The van der Waals surface area contributed by atoms with Crippen LogP contribution in [0, 0.1) is 0 Å². The average Bonchev–Trinajstić information content (AvgIpc) is 3.11. The molecule has 0 saturated heterocycles. The normalized spacial score (nSPS) is 17.0. The molecule has 28 heavy (non-hydrogen) atoms. The number of ether oxygens (including phenoxy) is 2. The van der Waals surface area contributed by atoms with Gasteiger partial charge in [0.15, 0.2) is 17.0 Å². The van der Waals surface area contributed by atoms with E-state index in [9.17, 15) is 4.79 Å². The summed E-state index contributed by atoms with van der Waals surface area (Å²) in [7, 11) is 3.34.